The van der Waals surface area contributed by atoms with Crippen molar-refractivity contribution in [3.8, 4) is 11.5 Å². The summed E-state index contributed by atoms with van der Waals surface area (Å²) < 4.78 is 20.1. The van der Waals surface area contributed by atoms with E-state index in [9.17, 15) is 9.59 Å². The molecule has 0 radical (unpaired) electrons. The van der Waals surface area contributed by atoms with Gasteiger partial charge in [-0.2, -0.15) is 0 Å². The molecule has 0 atom stereocenters. The molecule has 0 N–H and O–H groups in total. The Morgan fingerprint density at radius 3 is 2.30 bits per heavy atom. The molecule has 0 heterocycles. The summed E-state index contributed by atoms with van der Waals surface area (Å²) in [6, 6.07) is 3.16. The summed E-state index contributed by atoms with van der Waals surface area (Å²) in [6.07, 6.45) is 0. The second kappa shape index (κ2) is 7.49. The minimum Gasteiger partial charge on any atom is -0.497 e. The molecule has 1 aromatic carbocycles. The fraction of sp³-hybridized carbons (Fsp3) is 0.429. The molecule has 1 rings (SSSR count). The minimum absolute atomic E-state index is 0.128. The Bertz CT molecular complexity index is 495. The molecular formula is C14H18O6. The SMILES string of the molecule is CCOC(=O)C(=O)c1c(COC)cc(OC)cc1OC. The summed E-state index contributed by atoms with van der Waals surface area (Å²) in [5.41, 5.74) is 0.635. The van der Waals surface area contributed by atoms with Crippen LogP contribution in [0.2, 0.25) is 0 Å². The molecule has 0 aliphatic carbocycles. The van der Waals surface area contributed by atoms with Crippen molar-refractivity contribution in [1.29, 1.82) is 0 Å². The van der Waals surface area contributed by atoms with Gasteiger partial charge >= 0.3 is 5.97 Å². The second-order valence-corrected chi connectivity index (χ2v) is 3.85. The van der Waals surface area contributed by atoms with E-state index in [0.717, 1.165) is 0 Å². The molecule has 1 aromatic rings. The predicted octanol–water partition coefficient (Wildman–Crippen LogP) is 1.60. The summed E-state index contributed by atoms with van der Waals surface area (Å²) in [7, 11) is 4.40. The molecule has 0 spiro atoms. The second-order valence-electron chi connectivity index (χ2n) is 3.85. The highest BCUT2D eigenvalue weighted by Gasteiger charge is 2.26. The monoisotopic (exact) mass is 282 g/mol. The molecule has 0 aromatic heterocycles. The van der Waals surface area contributed by atoms with Crippen LogP contribution in [0.25, 0.3) is 0 Å². The van der Waals surface area contributed by atoms with Crippen molar-refractivity contribution < 1.29 is 28.5 Å². The molecule has 0 fully saturated rings. The van der Waals surface area contributed by atoms with Crippen molar-refractivity contribution >= 4 is 11.8 Å². The zero-order valence-electron chi connectivity index (χ0n) is 12.0. The quantitative estimate of drug-likeness (QED) is 0.430. The lowest BCUT2D eigenvalue weighted by Crippen LogP contribution is -2.20. The number of hydrogen-bond acceptors (Lipinski definition) is 6. The maximum Gasteiger partial charge on any atom is 0.379 e. The number of carbonyl (C=O) groups is 2. The van der Waals surface area contributed by atoms with E-state index in [2.05, 4.69) is 0 Å². The molecule has 0 saturated carbocycles. The summed E-state index contributed by atoms with van der Waals surface area (Å²) in [6.45, 7) is 1.91. The van der Waals surface area contributed by atoms with E-state index in [-0.39, 0.29) is 24.5 Å². The number of carbonyl (C=O) groups excluding carboxylic acids is 2. The van der Waals surface area contributed by atoms with Crippen LogP contribution in [-0.2, 0) is 20.9 Å². The van der Waals surface area contributed by atoms with Crippen LogP contribution < -0.4 is 9.47 Å². The maximum absolute atomic E-state index is 12.2. The topological polar surface area (TPSA) is 71.1 Å². The normalized spacial score (nSPS) is 10.0. The number of benzene rings is 1. The molecule has 0 aliphatic heterocycles. The Morgan fingerprint density at radius 1 is 1.10 bits per heavy atom. The average Bonchev–Trinajstić information content (AvgIpc) is 2.46. The predicted molar refractivity (Wildman–Crippen MR) is 71.2 cm³/mol. The Labute approximate surface area is 117 Å². The Balaban J connectivity index is 3.33. The van der Waals surface area contributed by atoms with Crippen LogP contribution in [0.3, 0.4) is 0 Å². The molecule has 20 heavy (non-hydrogen) atoms. The van der Waals surface area contributed by atoms with Crippen molar-refractivity contribution in [3.05, 3.63) is 23.3 Å². The van der Waals surface area contributed by atoms with E-state index in [1.165, 1.54) is 27.4 Å². The van der Waals surface area contributed by atoms with Crippen molar-refractivity contribution in [2.45, 2.75) is 13.5 Å². The van der Waals surface area contributed by atoms with E-state index >= 15 is 0 Å². The third-order valence-electron chi connectivity index (χ3n) is 2.60. The van der Waals surface area contributed by atoms with E-state index in [4.69, 9.17) is 18.9 Å². The third kappa shape index (κ3) is 3.48. The first kappa shape index (κ1) is 16.0. The van der Waals surface area contributed by atoms with Crippen molar-refractivity contribution in [3.63, 3.8) is 0 Å². The first-order valence-electron chi connectivity index (χ1n) is 6.04. The fourth-order valence-electron chi connectivity index (χ4n) is 1.75. The third-order valence-corrected chi connectivity index (χ3v) is 2.60. The summed E-state index contributed by atoms with van der Waals surface area (Å²) >= 11 is 0. The van der Waals surface area contributed by atoms with Crippen molar-refractivity contribution in [2.24, 2.45) is 0 Å². The molecule has 6 nitrogen and oxygen atoms in total. The van der Waals surface area contributed by atoms with E-state index in [0.29, 0.717) is 11.3 Å². The van der Waals surface area contributed by atoms with Gasteiger partial charge in [0.2, 0.25) is 0 Å². The number of Topliss-reactive ketones (excluding diaryl/α,β-unsaturated/α-hetero) is 1. The van der Waals surface area contributed by atoms with Crippen LogP contribution in [0.5, 0.6) is 11.5 Å². The largest absolute Gasteiger partial charge is 0.497 e. The van der Waals surface area contributed by atoms with Gasteiger partial charge in [0.05, 0.1) is 33.0 Å². The Hall–Kier alpha value is -2.08. The Morgan fingerprint density at radius 2 is 1.80 bits per heavy atom. The first-order chi connectivity index (χ1) is 9.58. The lowest BCUT2D eigenvalue weighted by atomic mass is 10.0. The summed E-state index contributed by atoms with van der Waals surface area (Å²) in [4.78, 5) is 23.8. The van der Waals surface area contributed by atoms with E-state index < -0.39 is 11.8 Å². The maximum atomic E-state index is 12.2. The van der Waals surface area contributed by atoms with Crippen LogP contribution in [0.4, 0.5) is 0 Å². The zero-order chi connectivity index (χ0) is 15.1. The molecule has 110 valence electrons. The smallest absolute Gasteiger partial charge is 0.379 e. The van der Waals surface area contributed by atoms with Gasteiger partial charge in [-0.3, -0.25) is 4.79 Å². The highest BCUT2D eigenvalue weighted by atomic mass is 16.5. The van der Waals surface area contributed by atoms with Crippen molar-refractivity contribution in [2.75, 3.05) is 27.9 Å². The van der Waals surface area contributed by atoms with Crippen molar-refractivity contribution in [1.82, 2.24) is 0 Å². The lowest BCUT2D eigenvalue weighted by Gasteiger charge is -2.14. The van der Waals surface area contributed by atoms with Gasteiger partial charge in [0.25, 0.3) is 5.78 Å². The zero-order valence-corrected chi connectivity index (χ0v) is 12.0. The van der Waals surface area contributed by atoms with E-state index in [1.807, 2.05) is 0 Å². The van der Waals surface area contributed by atoms with Gasteiger partial charge in [0, 0.05) is 13.2 Å². The first-order valence-corrected chi connectivity index (χ1v) is 6.04. The van der Waals surface area contributed by atoms with Gasteiger partial charge in [-0.25, -0.2) is 4.79 Å². The minimum atomic E-state index is -0.923. The van der Waals surface area contributed by atoms with E-state index in [1.54, 1.807) is 13.0 Å². The summed E-state index contributed by atoms with van der Waals surface area (Å²) in [5.74, 6) is -0.935. The molecule has 0 amide bonds. The lowest BCUT2D eigenvalue weighted by molar-refractivity contribution is -0.137. The number of rotatable bonds is 7. The standard InChI is InChI=1S/C14H18O6/c1-5-20-14(16)13(15)12-9(8-17-2)6-10(18-3)7-11(12)19-4/h6-7H,5,8H2,1-4H3. The van der Waals surface area contributed by atoms with Gasteiger partial charge in [-0.15, -0.1) is 0 Å². The highest BCUT2D eigenvalue weighted by molar-refractivity contribution is 6.41. The summed E-state index contributed by atoms with van der Waals surface area (Å²) in [5, 5.41) is 0. The van der Waals surface area contributed by atoms with Gasteiger partial charge in [0.15, 0.2) is 0 Å². The molecular weight excluding hydrogens is 264 g/mol. The molecule has 0 bridgehead atoms. The number of hydrogen-bond donors (Lipinski definition) is 0. The number of ether oxygens (including phenoxy) is 4. The molecule has 0 saturated heterocycles. The number of ketones is 1. The highest BCUT2D eigenvalue weighted by Crippen LogP contribution is 2.30. The van der Waals surface area contributed by atoms with Crippen LogP contribution in [0.1, 0.15) is 22.8 Å². The van der Waals surface area contributed by atoms with Gasteiger partial charge in [-0.1, -0.05) is 0 Å². The fourth-order valence-corrected chi connectivity index (χ4v) is 1.75. The van der Waals surface area contributed by atoms with Crippen LogP contribution in [0, 0.1) is 0 Å². The van der Waals surface area contributed by atoms with Crippen LogP contribution in [-0.4, -0.2) is 39.7 Å². The van der Waals surface area contributed by atoms with Gasteiger partial charge < -0.3 is 18.9 Å². The molecule has 0 unspecified atom stereocenters. The number of methoxy groups -OCH3 is 3. The number of esters is 1. The van der Waals surface area contributed by atoms with Gasteiger partial charge in [0.1, 0.15) is 11.5 Å². The average molecular weight is 282 g/mol. The molecule has 0 aliphatic rings. The Kier molecular flexibility index (Phi) is 5.99. The molecule has 6 heteroatoms. The van der Waals surface area contributed by atoms with Crippen LogP contribution in [0.15, 0.2) is 12.1 Å². The van der Waals surface area contributed by atoms with Crippen LogP contribution >= 0.6 is 0 Å². The van der Waals surface area contributed by atoms with Gasteiger partial charge in [-0.05, 0) is 18.6 Å².